The molecule has 0 bridgehead atoms. The van der Waals surface area contributed by atoms with Crippen LogP contribution in [0.3, 0.4) is 0 Å². The van der Waals surface area contributed by atoms with Gasteiger partial charge in [0.2, 0.25) is 11.8 Å². The predicted molar refractivity (Wildman–Crippen MR) is 70.4 cm³/mol. The number of nitrogens with zero attached hydrogens (tertiary/aromatic N) is 3. The average molecular weight is 267 g/mol. The van der Waals surface area contributed by atoms with Gasteiger partial charge >= 0.3 is 6.01 Å². The number of carbonyl (C=O) groups is 1. The van der Waals surface area contributed by atoms with Crippen molar-refractivity contribution in [3.63, 3.8) is 0 Å². The molecule has 0 saturated carbocycles. The molecule has 0 aromatic carbocycles. The third-order valence-corrected chi connectivity index (χ3v) is 3.64. The summed E-state index contributed by atoms with van der Waals surface area (Å²) < 4.78 is 5.11. The van der Waals surface area contributed by atoms with Crippen molar-refractivity contribution in [1.82, 2.24) is 15.1 Å². The largest absolute Gasteiger partial charge is 0.408 e. The number of piperidine rings is 1. The van der Waals surface area contributed by atoms with Gasteiger partial charge in [-0.25, -0.2) is 0 Å². The summed E-state index contributed by atoms with van der Waals surface area (Å²) in [5, 5.41) is 10.00. The molecule has 106 valence electrons. The lowest BCUT2D eigenvalue weighted by Crippen LogP contribution is -2.45. The molecule has 1 aromatic heterocycles. The van der Waals surface area contributed by atoms with E-state index < -0.39 is 0 Å². The number of nitrogens with two attached hydrogens (primary N) is 1. The first-order valence-electron chi connectivity index (χ1n) is 6.61. The van der Waals surface area contributed by atoms with Crippen LogP contribution in [0, 0.1) is 18.8 Å². The Morgan fingerprint density at radius 2 is 2.37 bits per heavy atom. The minimum Gasteiger partial charge on any atom is -0.408 e. The van der Waals surface area contributed by atoms with E-state index in [-0.39, 0.29) is 11.9 Å². The third-order valence-electron chi connectivity index (χ3n) is 3.64. The normalized spacial score (nSPS) is 24.4. The van der Waals surface area contributed by atoms with Crippen molar-refractivity contribution in [2.45, 2.75) is 20.3 Å². The predicted octanol–water partition coefficient (Wildman–Crippen LogP) is 0.233. The maximum Gasteiger partial charge on any atom is 0.322 e. The molecule has 3 N–H and O–H groups in total. The molecular weight excluding hydrogens is 246 g/mol. The van der Waals surface area contributed by atoms with Crippen molar-refractivity contribution < 1.29 is 9.21 Å². The van der Waals surface area contributed by atoms with E-state index in [0.717, 1.165) is 19.5 Å². The highest BCUT2D eigenvalue weighted by Crippen LogP contribution is 2.21. The van der Waals surface area contributed by atoms with Crippen molar-refractivity contribution >= 4 is 11.9 Å². The second kappa shape index (κ2) is 6.12. The van der Waals surface area contributed by atoms with Gasteiger partial charge in [0.15, 0.2) is 0 Å². The van der Waals surface area contributed by atoms with Crippen LogP contribution in [0.2, 0.25) is 0 Å². The zero-order valence-corrected chi connectivity index (χ0v) is 11.4. The number of anilines is 1. The molecule has 1 aliphatic rings. The number of nitrogens with one attached hydrogen (secondary N) is 1. The van der Waals surface area contributed by atoms with E-state index in [0.29, 0.717) is 30.8 Å². The summed E-state index contributed by atoms with van der Waals surface area (Å²) in [4.78, 5) is 14.0. The first-order chi connectivity index (χ1) is 9.08. The molecule has 19 heavy (non-hydrogen) atoms. The number of aryl methyl sites for hydroxylation is 1. The summed E-state index contributed by atoms with van der Waals surface area (Å²) >= 11 is 0. The van der Waals surface area contributed by atoms with Crippen LogP contribution in [0.1, 0.15) is 19.2 Å². The SMILES string of the molecule is Cc1nnc(NC(=O)CN2CCC(C)C(CN)C2)o1. The molecule has 2 atom stereocenters. The molecule has 1 amide bonds. The molecule has 1 fully saturated rings. The number of likely N-dealkylation sites (tertiary alicyclic amines) is 1. The smallest absolute Gasteiger partial charge is 0.322 e. The van der Waals surface area contributed by atoms with Gasteiger partial charge in [-0.3, -0.25) is 15.0 Å². The van der Waals surface area contributed by atoms with Crippen molar-refractivity contribution in [1.29, 1.82) is 0 Å². The molecule has 2 heterocycles. The summed E-state index contributed by atoms with van der Waals surface area (Å²) in [5.41, 5.74) is 5.75. The Kier molecular flexibility index (Phi) is 4.49. The topological polar surface area (TPSA) is 97.3 Å². The number of amides is 1. The quantitative estimate of drug-likeness (QED) is 0.810. The maximum absolute atomic E-state index is 11.9. The van der Waals surface area contributed by atoms with Gasteiger partial charge in [-0.2, -0.15) is 0 Å². The first-order valence-corrected chi connectivity index (χ1v) is 6.61. The van der Waals surface area contributed by atoms with Gasteiger partial charge in [0, 0.05) is 13.5 Å². The van der Waals surface area contributed by atoms with Gasteiger partial charge in [0.1, 0.15) is 0 Å². The maximum atomic E-state index is 11.9. The van der Waals surface area contributed by atoms with Crippen LogP contribution in [0.15, 0.2) is 4.42 Å². The van der Waals surface area contributed by atoms with Crippen LogP contribution in [-0.2, 0) is 4.79 Å². The Hall–Kier alpha value is -1.47. The number of hydrogen-bond donors (Lipinski definition) is 2. The summed E-state index contributed by atoms with van der Waals surface area (Å²) in [6.45, 7) is 6.70. The van der Waals surface area contributed by atoms with Crippen LogP contribution in [0.4, 0.5) is 6.01 Å². The fraction of sp³-hybridized carbons (Fsp3) is 0.750. The van der Waals surface area contributed by atoms with Crippen LogP contribution >= 0.6 is 0 Å². The van der Waals surface area contributed by atoms with Crippen molar-refractivity contribution in [3.8, 4) is 0 Å². The number of rotatable bonds is 4. The Labute approximate surface area is 112 Å². The van der Waals surface area contributed by atoms with Crippen LogP contribution in [-0.4, -0.2) is 47.2 Å². The molecule has 1 saturated heterocycles. The van der Waals surface area contributed by atoms with Gasteiger partial charge < -0.3 is 10.2 Å². The lowest BCUT2D eigenvalue weighted by Gasteiger charge is -2.35. The van der Waals surface area contributed by atoms with E-state index in [1.54, 1.807) is 6.92 Å². The molecule has 2 unspecified atom stereocenters. The Morgan fingerprint density at radius 1 is 1.58 bits per heavy atom. The fourth-order valence-electron chi connectivity index (χ4n) is 2.38. The van der Waals surface area contributed by atoms with Crippen molar-refractivity contribution in [2.75, 3.05) is 31.5 Å². The molecule has 7 nitrogen and oxygen atoms in total. The molecular formula is C12H21N5O2. The van der Waals surface area contributed by atoms with E-state index in [9.17, 15) is 4.79 Å². The Balaban J connectivity index is 1.82. The molecule has 1 aromatic rings. The molecule has 2 rings (SSSR count). The monoisotopic (exact) mass is 267 g/mol. The summed E-state index contributed by atoms with van der Waals surface area (Å²) in [6, 6.07) is 0.156. The number of hydrogen-bond acceptors (Lipinski definition) is 6. The van der Waals surface area contributed by atoms with Gasteiger partial charge in [0.25, 0.3) is 0 Å². The molecule has 7 heteroatoms. The standard InChI is InChI=1S/C12H21N5O2/c1-8-3-4-17(6-10(8)5-13)7-11(18)14-12-16-15-9(2)19-12/h8,10H,3-7,13H2,1-2H3,(H,14,16,18). The molecule has 1 aliphatic heterocycles. The second-order valence-electron chi connectivity index (χ2n) is 5.17. The number of aromatic nitrogens is 2. The summed E-state index contributed by atoms with van der Waals surface area (Å²) in [6.07, 6.45) is 1.08. The highest BCUT2D eigenvalue weighted by Gasteiger charge is 2.26. The van der Waals surface area contributed by atoms with Crippen LogP contribution in [0.25, 0.3) is 0 Å². The lowest BCUT2D eigenvalue weighted by molar-refractivity contribution is -0.118. The van der Waals surface area contributed by atoms with Gasteiger partial charge in [-0.1, -0.05) is 12.0 Å². The summed E-state index contributed by atoms with van der Waals surface area (Å²) in [7, 11) is 0. The van der Waals surface area contributed by atoms with E-state index in [4.69, 9.17) is 10.2 Å². The van der Waals surface area contributed by atoms with Gasteiger partial charge in [-0.15, -0.1) is 5.10 Å². The van der Waals surface area contributed by atoms with Gasteiger partial charge in [0.05, 0.1) is 6.54 Å². The summed E-state index contributed by atoms with van der Waals surface area (Å²) in [5.74, 6) is 1.40. The van der Waals surface area contributed by atoms with Crippen molar-refractivity contribution in [3.05, 3.63) is 5.89 Å². The highest BCUT2D eigenvalue weighted by atomic mass is 16.4. The Morgan fingerprint density at radius 3 is 3.00 bits per heavy atom. The Bertz CT molecular complexity index is 434. The zero-order valence-electron chi connectivity index (χ0n) is 11.4. The van der Waals surface area contributed by atoms with Gasteiger partial charge in [-0.05, 0) is 31.3 Å². The molecule has 0 radical (unpaired) electrons. The second-order valence-corrected chi connectivity index (χ2v) is 5.17. The average Bonchev–Trinajstić information content (AvgIpc) is 2.77. The molecule has 0 spiro atoms. The number of carbonyl (C=O) groups excluding carboxylic acids is 1. The fourth-order valence-corrected chi connectivity index (χ4v) is 2.38. The molecule has 0 aliphatic carbocycles. The van der Waals surface area contributed by atoms with E-state index in [1.165, 1.54) is 0 Å². The zero-order chi connectivity index (χ0) is 13.8. The minimum atomic E-state index is -0.131. The van der Waals surface area contributed by atoms with E-state index in [2.05, 4.69) is 27.3 Å². The van der Waals surface area contributed by atoms with Crippen molar-refractivity contribution in [2.24, 2.45) is 17.6 Å². The minimum absolute atomic E-state index is 0.131. The van der Waals surface area contributed by atoms with E-state index in [1.807, 2.05) is 0 Å². The highest BCUT2D eigenvalue weighted by molar-refractivity contribution is 5.90. The van der Waals surface area contributed by atoms with Crippen LogP contribution < -0.4 is 11.1 Å². The first kappa shape index (κ1) is 14.0. The third kappa shape index (κ3) is 3.74. The lowest BCUT2D eigenvalue weighted by atomic mass is 9.87. The van der Waals surface area contributed by atoms with E-state index >= 15 is 0 Å². The van der Waals surface area contributed by atoms with Crippen LogP contribution in [0.5, 0.6) is 0 Å².